The first kappa shape index (κ1) is 30.8. The molecule has 0 spiro atoms. The van der Waals surface area contributed by atoms with Gasteiger partial charge in [-0.1, -0.05) is 54.6 Å². The van der Waals surface area contributed by atoms with Crippen LogP contribution >= 0.6 is 0 Å². The first-order valence-electron chi connectivity index (χ1n) is 14.9. The molecule has 10 heteroatoms. The second kappa shape index (κ2) is 13.4. The second-order valence-corrected chi connectivity index (χ2v) is 15.8. The third-order valence-electron chi connectivity index (χ3n) is 8.70. The monoisotopic (exact) mass is 604 g/mol. The Hall–Kier alpha value is -3.60. The fourth-order valence-corrected chi connectivity index (χ4v) is 9.10. The fourth-order valence-electron chi connectivity index (χ4n) is 6.51. The topological polar surface area (TPSA) is 91.4 Å². The molecule has 2 aromatic carbocycles. The van der Waals surface area contributed by atoms with E-state index in [1.807, 2.05) is 60.8 Å². The van der Waals surface area contributed by atoms with Crippen LogP contribution in [0.15, 0.2) is 83.9 Å². The van der Waals surface area contributed by atoms with Gasteiger partial charge in [-0.3, -0.25) is 14.0 Å². The van der Waals surface area contributed by atoms with Gasteiger partial charge in [0.1, 0.15) is 0 Å². The molecular formula is C33H41FN4O4Si. The minimum Gasteiger partial charge on any atom is -0.491 e. The SMILES string of the molecule is COc1cccn(-c2ccc(CC[C@@H]3O[C@H](CCn4cc(C(CO)c5ccccc5)nn4)[C@@H]([Si](C)(C)F)[C@@H]3C)cc2)c1=O. The Morgan fingerprint density at radius 3 is 2.47 bits per heavy atom. The number of nitrogens with zero attached hydrogens (tertiary/aromatic N) is 4. The molecule has 1 N–H and O–H groups in total. The van der Waals surface area contributed by atoms with E-state index in [0.717, 1.165) is 29.7 Å². The molecule has 1 fully saturated rings. The van der Waals surface area contributed by atoms with E-state index in [1.54, 1.807) is 40.7 Å². The molecule has 0 saturated carbocycles. The molecule has 228 valence electrons. The van der Waals surface area contributed by atoms with Crippen LogP contribution in [-0.2, 0) is 17.7 Å². The molecule has 1 saturated heterocycles. The number of ether oxygens (including phenoxy) is 2. The van der Waals surface area contributed by atoms with Gasteiger partial charge < -0.3 is 18.7 Å². The molecule has 8 nitrogen and oxygen atoms in total. The second-order valence-electron chi connectivity index (χ2n) is 12.0. The first-order valence-corrected chi connectivity index (χ1v) is 17.9. The summed E-state index contributed by atoms with van der Waals surface area (Å²) in [4.78, 5) is 12.6. The van der Waals surface area contributed by atoms with E-state index in [2.05, 4.69) is 17.2 Å². The van der Waals surface area contributed by atoms with Gasteiger partial charge >= 0.3 is 0 Å². The summed E-state index contributed by atoms with van der Waals surface area (Å²) in [6.07, 6.45) is 5.61. The maximum Gasteiger partial charge on any atom is 0.297 e. The predicted octanol–water partition coefficient (Wildman–Crippen LogP) is 5.53. The highest BCUT2D eigenvalue weighted by atomic mass is 28.4. The molecule has 0 amide bonds. The number of pyridine rings is 1. The lowest BCUT2D eigenvalue weighted by Crippen LogP contribution is -2.36. The molecule has 1 aliphatic heterocycles. The molecule has 2 aromatic heterocycles. The zero-order chi connectivity index (χ0) is 30.6. The van der Waals surface area contributed by atoms with E-state index in [1.165, 1.54) is 7.11 Å². The highest BCUT2D eigenvalue weighted by Gasteiger charge is 2.50. The highest BCUT2D eigenvalue weighted by molar-refractivity contribution is 6.72. The summed E-state index contributed by atoms with van der Waals surface area (Å²) in [5.41, 5.74) is 3.30. The predicted molar refractivity (Wildman–Crippen MR) is 167 cm³/mol. The van der Waals surface area contributed by atoms with E-state index >= 15 is 4.11 Å². The van der Waals surface area contributed by atoms with Gasteiger partial charge in [-0.15, -0.1) is 5.10 Å². The summed E-state index contributed by atoms with van der Waals surface area (Å²) in [6, 6.07) is 21.1. The molecule has 4 aromatic rings. The zero-order valence-corrected chi connectivity index (χ0v) is 26.3. The van der Waals surface area contributed by atoms with Crippen LogP contribution in [0.5, 0.6) is 5.75 Å². The van der Waals surface area contributed by atoms with Crippen molar-refractivity contribution in [2.45, 2.75) is 69.5 Å². The van der Waals surface area contributed by atoms with Gasteiger partial charge in [0.15, 0.2) is 5.75 Å². The largest absolute Gasteiger partial charge is 0.491 e. The Morgan fingerprint density at radius 2 is 1.79 bits per heavy atom. The Kier molecular flexibility index (Phi) is 9.58. The fraction of sp³-hybridized carbons (Fsp3) is 0.424. The maximum atomic E-state index is 15.7. The van der Waals surface area contributed by atoms with Crippen molar-refractivity contribution in [2.75, 3.05) is 13.7 Å². The molecule has 3 heterocycles. The maximum absolute atomic E-state index is 15.7. The molecular weight excluding hydrogens is 563 g/mol. The number of aromatic nitrogens is 4. The highest BCUT2D eigenvalue weighted by Crippen LogP contribution is 2.47. The smallest absolute Gasteiger partial charge is 0.297 e. The van der Waals surface area contributed by atoms with Crippen molar-refractivity contribution in [3.8, 4) is 11.4 Å². The molecule has 1 unspecified atom stereocenters. The van der Waals surface area contributed by atoms with Gasteiger partial charge in [0.25, 0.3) is 5.56 Å². The van der Waals surface area contributed by atoms with Crippen molar-refractivity contribution < 1.29 is 18.7 Å². The molecule has 0 aliphatic carbocycles. The number of halogens is 1. The quantitative estimate of drug-likeness (QED) is 0.169. The van der Waals surface area contributed by atoms with Crippen molar-refractivity contribution >= 4 is 8.41 Å². The summed E-state index contributed by atoms with van der Waals surface area (Å²) in [7, 11) is -1.52. The molecule has 43 heavy (non-hydrogen) atoms. The number of hydrogen-bond acceptors (Lipinski definition) is 6. The van der Waals surface area contributed by atoms with E-state index in [9.17, 15) is 9.90 Å². The van der Waals surface area contributed by atoms with Crippen LogP contribution in [0.2, 0.25) is 18.6 Å². The first-order chi connectivity index (χ1) is 20.7. The van der Waals surface area contributed by atoms with Crippen molar-refractivity contribution in [3.63, 3.8) is 0 Å². The van der Waals surface area contributed by atoms with Crippen LogP contribution in [-0.4, -0.2) is 59.0 Å². The Labute approximate surface area is 253 Å². The number of aliphatic hydroxyl groups excluding tert-OH is 1. The molecule has 0 bridgehead atoms. The van der Waals surface area contributed by atoms with Gasteiger partial charge in [-0.25, -0.2) is 0 Å². The van der Waals surface area contributed by atoms with Gasteiger partial charge in [-0.05, 0) is 73.7 Å². The Balaban J connectivity index is 1.22. The van der Waals surface area contributed by atoms with E-state index in [0.29, 0.717) is 24.4 Å². The number of hydrogen-bond donors (Lipinski definition) is 1. The Bertz CT molecular complexity index is 1540. The minimum absolute atomic E-state index is 0.0404. The lowest BCUT2D eigenvalue weighted by atomic mass is 9.95. The average Bonchev–Trinajstić information content (AvgIpc) is 3.60. The number of aliphatic hydroxyl groups is 1. The lowest BCUT2D eigenvalue weighted by Gasteiger charge is -2.28. The summed E-state index contributed by atoms with van der Waals surface area (Å²) < 4.78 is 30.7. The van der Waals surface area contributed by atoms with Crippen molar-refractivity contribution in [2.24, 2.45) is 5.92 Å². The van der Waals surface area contributed by atoms with E-state index in [-0.39, 0.29) is 41.8 Å². The average molecular weight is 605 g/mol. The number of aryl methyl sites for hydroxylation is 2. The minimum atomic E-state index is -3.01. The standard InChI is InChI=1S/C33H41FN4O4Si/c1-23-29(17-14-24-12-15-26(16-13-24)38-19-8-11-31(41-2)33(38)40)42-30(32(23)43(3,4)34)18-20-37-21-28(35-36-37)27(22-39)25-9-6-5-7-10-25/h5-13,15-16,19,21,23,27,29-30,32,39H,14,17-18,20,22H2,1-4H3/t23-,27?,29+,30-,32+/m1/s1. The molecule has 5 rings (SSSR count). The van der Waals surface area contributed by atoms with Gasteiger partial charge in [0, 0.05) is 30.2 Å². The van der Waals surface area contributed by atoms with Crippen LogP contribution in [0.3, 0.4) is 0 Å². The number of methoxy groups -OCH3 is 1. The van der Waals surface area contributed by atoms with E-state index in [4.69, 9.17) is 9.47 Å². The lowest BCUT2D eigenvalue weighted by molar-refractivity contribution is 0.0247. The van der Waals surface area contributed by atoms with Gasteiger partial charge in [-0.2, -0.15) is 0 Å². The molecule has 1 aliphatic rings. The van der Waals surface area contributed by atoms with Crippen molar-refractivity contribution in [1.29, 1.82) is 0 Å². The summed E-state index contributed by atoms with van der Waals surface area (Å²) in [6.45, 7) is 6.20. The number of benzene rings is 2. The summed E-state index contributed by atoms with van der Waals surface area (Å²) in [5.74, 6) is 0.167. The van der Waals surface area contributed by atoms with Crippen LogP contribution in [0.25, 0.3) is 5.69 Å². The number of rotatable bonds is 12. The van der Waals surface area contributed by atoms with Crippen molar-refractivity contribution in [3.05, 3.63) is 106 Å². The van der Waals surface area contributed by atoms with E-state index < -0.39 is 8.41 Å². The normalized spacial score (nSPS) is 21.2. The van der Waals surface area contributed by atoms with Gasteiger partial charge in [0.05, 0.1) is 37.5 Å². The van der Waals surface area contributed by atoms with Gasteiger partial charge in [0.2, 0.25) is 8.41 Å². The van der Waals surface area contributed by atoms with Crippen LogP contribution in [0.1, 0.15) is 42.5 Å². The molecule has 5 atom stereocenters. The third-order valence-corrected chi connectivity index (χ3v) is 11.2. The molecule has 0 radical (unpaired) electrons. The Morgan fingerprint density at radius 1 is 1.05 bits per heavy atom. The van der Waals surface area contributed by atoms with Crippen LogP contribution < -0.4 is 10.3 Å². The summed E-state index contributed by atoms with van der Waals surface area (Å²) >= 11 is 0. The van der Waals surface area contributed by atoms with Crippen LogP contribution in [0, 0.1) is 5.92 Å². The third kappa shape index (κ3) is 6.97. The van der Waals surface area contributed by atoms with Crippen LogP contribution in [0.4, 0.5) is 4.11 Å². The summed E-state index contributed by atoms with van der Waals surface area (Å²) in [5, 5.41) is 18.6. The zero-order valence-electron chi connectivity index (χ0n) is 25.3. The van der Waals surface area contributed by atoms with Crippen molar-refractivity contribution in [1.82, 2.24) is 19.6 Å².